The fraction of sp³-hybridized carbons (Fsp3) is 0.0714. The minimum atomic E-state index is -4.48. The summed E-state index contributed by atoms with van der Waals surface area (Å²) in [5, 5.41) is 2.33. The van der Waals surface area contributed by atoms with E-state index in [9.17, 15) is 22.4 Å². The molecule has 2 aromatic carbocycles. The molecule has 0 fully saturated rings. The Kier molecular flexibility index (Phi) is 3.74. The molecule has 2 rings (SSSR count). The fourth-order valence-corrected chi connectivity index (χ4v) is 1.58. The lowest BCUT2D eigenvalue weighted by atomic mass is 10.1. The van der Waals surface area contributed by atoms with Crippen LogP contribution in [0.15, 0.2) is 48.5 Å². The van der Waals surface area contributed by atoms with Crippen LogP contribution in [-0.2, 0) is 6.18 Å². The predicted molar refractivity (Wildman–Crippen MR) is 65.8 cm³/mol. The van der Waals surface area contributed by atoms with E-state index < -0.39 is 23.5 Å². The van der Waals surface area contributed by atoms with Gasteiger partial charge in [0.15, 0.2) is 0 Å². The van der Waals surface area contributed by atoms with Crippen molar-refractivity contribution in [2.75, 3.05) is 5.32 Å². The number of hydrogen-bond donors (Lipinski definition) is 1. The molecule has 1 N–H and O–H groups in total. The maximum atomic E-state index is 12.7. The number of anilines is 1. The number of halogens is 4. The van der Waals surface area contributed by atoms with Crippen LogP contribution in [0.2, 0.25) is 0 Å². The molecule has 0 saturated carbocycles. The smallest absolute Gasteiger partial charge is 0.322 e. The van der Waals surface area contributed by atoms with E-state index in [0.717, 1.165) is 24.3 Å². The number of alkyl halides is 3. The van der Waals surface area contributed by atoms with Crippen LogP contribution in [0.5, 0.6) is 0 Å². The lowest BCUT2D eigenvalue weighted by molar-refractivity contribution is -0.137. The van der Waals surface area contributed by atoms with Crippen molar-refractivity contribution in [1.29, 1.82) is 0 Å². The highest BCUT2D eigenvalue weighted by Crippen LogP contribution is 2.30. The van der Waals surface area contributed by atoms with Crippen LogP contribution >= 0.6 is 0 Å². The Balaban J connectivity index is 2.18. The summed E-state index contributed by atoms with van der Waals surface area (Å²) in [6.07, 6.45) is -4.48. The number of carbonyl (C=O) groups excluding carboxylic acids is 1. The largest absolute Gasteiger partial charge is 0.416 e. The van der Waals surface area contributed by atoms with Crippen molar-refractivity contribution >= 4 is 11.6 Å². The van der Waals surface area contributed by atoms with E-state index in [1.807, 2.05) is 0 Å². The van der Waals surface area contributed by atoms with Crippen molar-refractivity contribution in [1.82, 2.24) is 0 Å². The van der Waals surface area contributed by atoms with Gasteiger partial charge in [0, 0.05) is 11.3 Å². The molecular formula is C14H9F4NO. The maximum absolute atomic E-state index is 12.7. The van der Waals surface area contributed by atoms with Crippen LogP contribution in [-0.4, -0.2) is 5.91 Å². The van der Waals surface area contributed by atoms with E-state index in [2.05, 4.69) is 5.32 Å². The highest BCUT2D eigenvalue weighted by atomic mass is 19.4. The van der Waals surface area contributed by atoms with Crippen LogP contribution in [0.25, 0.3) is 0 Å². The molecule has 20 heavy (non-hydrogen) atoms. The second-order valence-electron chi connectivity index (χ2n) is 4.04. The molecule has 104 valence electrons. The Morgan fingerprint density at radius 1 is 1.00 bits per heavy atom. The van der Waals surface area contributed by atoms with Crippen LogP contribution in [0.3, 0.4) is 0 Å². The molecule has 1 amide bonds. The summed E-state index contributed by atoms with van der Waals surface area (Å²) in [6.45, 7) is 0. The molecule has 0 radical (unpaired) electrons. The molecule has 2 nitrogen and oxygen atoms in total. The van der Waals surface area contributed by atoms with E-state index in [-0.39, 0.29) is 11.3 Å². The zero-order valence-electron chi connectivity index (χ0n) is 10.0. The third kappa shape index (κ3) is 3.34. The van der Waals surface area contributed by atoms with Gasteiger partial charge in [-0.25, -0.2) is 4.39 Å². The highest BCUT2D eigenvalue weighted by Gasteiger charge is 2.30. The quantitative estimate of drug-likeness (QED) is 0.826. The van der Waals surface area contributed by atoms with E-state index in [0.29, 0.717) is 0 Å². The molecule has 0 unspecified atom stereocenters. The molecule has 0 aromatic heterocycles. The van der Waals surface area contributed by atoms with Crippen LogP contribution < -0.4 is 5.32 Å². The topological polar surface area (TPSA) is 29.1 Å². The molecule has 0 saturated heterocycles. The van der Waals surface area contributed by atoms with Gasteiger partial charge in [0.1, 0.15) is 5.82 Å². The second kappa shape index (κ2) is 5.32. The van der Waals surface area contributed by atoms with Gasteiger partial charge in [0.2, 0.25) is 0 Å². The molecule has 0 heterocycles. The predicted octanol–water partition coefficient (Wildman–Crippen LogP) is 4.10. The highest BCUT2D eigenvalue weighted by molar-refractivity contribution is 6.04. The number of rotatable bonds is 2. The normalized spacial score (nSPS) is 11.2. The van der Waals surface area contributed by atoms with Gasteiger partial charge in [0.25, 0.3) is 5.91 Å². The molecule has 0 aliphatic rings. The van der Waals surface area contributed by atoms with Crippen molar-refractivity contribution < 1.29 is 22.4 Å². The first-order valence-electron chi connectivity index (χ1n) is 5.60. The van der Waals surface area contributed by atoms with Crippen molar-refractivity contribution in [2.24, 2.45) is 0 Å². The lowest BCUT2D eigenvalue weighted by Gasteiger charge is -2.09. The van der Waals surface area contributed by atoms with Crippen LogP contribution in [0.4, 0.5) is 23.2 Å². The number of amides is 1. The third-order valence-electron chi connectivity index (χ3n) is 2.55. The van der Waals surface area contributed by atoms with Crippen molar-refractivity contribution in [3.8, 4) is 0 Å². The van der Waals surface area contributed by atoms with Gasteiger partial charge < -0.3 is 5.32 Å². The number of nitrogens with one attached hydrogen (secondary N) is 1. The molecule has 0 spiro atoms. The van der Waals surface area contributed by atoms with E-state index in [1.54, 1.807) is 0 Å². The summed E-state index contributed by atoms with van der Waals surface area (Å²) in [5.41, 5.74) is -0.674. The van der Waals surface area contributed by atoms with Gasteiger partial charge >= 0.3 is 6.18 Å². The molecule has 0 atom stereocenters. The average Bonchev–Trinajstić information content (AvgIpc) is 2.38. The van der Waals surface area contributed by atoms with Crippen molar-refractivity contribution in [2.45, 2.75) is 6.18 Å². The first-order chi connectivity index (χ1) is 9.36. The molecule has 0 aliphatic carbocycles. The number of benzene rings is 2. The van der Waals surface area contributed by atoms with Gasteiger partial charge in [0.05, 0.1) is 5.56 Å². The third-order valence-corrected chi connectivity index (χ3v) is 2.55. The summed E-state index contributed by atoms with van der Waals surface area (Å²) in [6, 6.07) is 8.98. The first kappa shape index (κ1) is 14.0. The van der Waals surface area contributed by atoms with Crippen molar-refractivity contribution in [3.05, 3.63) is 65.5 Å². The lowest BCUT2D eigenvalue weighted by Crippen LogP contribution is -2.13. The van der Waals surface area contributed by atoms with Gasteiger partial charge in [-0.3, -0.25) is 4.79 Å². The Labute approximate surface area is 112 Å². The first-order valence-corrected chi connectivity index (χ1v) is 5.60. The van der Waals surface area contributed by atoms with E-state index in [4.69, 9.17) is 0 Å². The summed E-state index contributed by atoms with van der Waals surface area (Å²) in [4.78, 5) is 11.8. The standard InChI is InChI=1S/C14H9F4NO/c15-11-6-4-9(5-7-11)13(20)19-12-3-1-2-10(8-12)14(16,17)18/h1-8H,(H,19,20). The van der Waals surface area contributed by atoms with Gasteiger partial charge in [-0.05, 0) is 42.5 Å². The Bertz CT molecular complexity index is 620. The van der Waals surface area contributed by atoms with E-state index >= 15 is 0 Å². The van der Waals surface area contributed by atoms with Gasteiger partial charge in [-0.2, -0.15) is 13.2 Å². The molecule has 6 heteroatoms. The Morgan fingerprint density at radius 3 is 2.25 bits per heavy atom. The second-order valence-corrected chi connectivity index (χ2v) is 4.04. The number of hydrogen-bond acceptors (Lipinski definition) is 1. The van der Waals surface area contributed by atoms with E-state index in [1.165, 1.54) is 24.3 Å². The SMILES string of the molecule is O=C(Nc1cccc(C(F)(F)F)c1)c1ccc(F)cc1. The zero-order chi connectivity index (χ0) is 14.8. The van der Waals surface area contributed by atoms with Gasteiger partial charge in [-0.1, -0.05) is 6.07 Å². The van der Waals surface area contributed by atoms with Crippen LogP contribution in [0, 0.1) is 5.82 Å². The monoisotopic (exact) mass is 283 g/mol. The summed E-state index contributed by atoms with van der Waals surface area (Å²) in [5.74, 6) is -1.11. The molecule has 0 aliphatic heterocycles. The molecule has 0 bridgehead atoms. The summed E-state index contributed by atoms with van der Waals surface area (Å²) >= 11 is 0. The summed E-state index contributed by atoms with van der Waals surface area (Å²) in [7, 11) is 0. The number of carbonyl (C=O) groups is 1. The summed E-state index contributed by atoms with van der Waals surface area (Å²) < 4.78 is 50.3. The molecular weight excluding hydrogens is 274 g/mol. The fourth-order valence-electron chi connectivity index (χ4n) is 1.58. The minimum absolute atomic E-state index is 0.0224. The Hall–Kier alpha value is -2.37. The van der Waals surface area contributed by atoms with Crippen molar-refractivity contribution in [3.63, 3.8) is 0 Å². The average molecular weight is 283 g/mol. The zero-order valence-corrected chi connectivity index (χ0v) is 10.0. The minimum Gasteiger partial charge on any atom is -0.322 e. The van der Waals surface area contributed by atoms with Gasteiger partial charge in [-0.15, -0.1) is 0 Å². The van der Waals surface area contributed by atoms with Crippen LogP contribution in [0.1, 0.15) is 15.9 Å². The Morgan fingerprint density at radius 2 is 1.65 bits per heavy atom. The molecule has 2 aromatic rings. The maximum Gasteiger partial charge on any atom is 0.416 e.